The van der Waals surface area contributed by atoms with Crippen molar-refractivity contribution in [3.63, 3.8) is 0 Å². The number of nitrogens with one attached hydrogen (secondary N) is 2. The first kappa shape index (κ1) is 16.5. The minimum atomic E-state index is -0.134. The molecule has 1 amide bonds. The predicted molar refractivity (Wildman–Crippen MR) is 89.1 cm³/mol. The first-order valence-electron chi connectivity index (χ1n) is 8.24. The number of carbonyl (C=O) groups is 1. The van der Waals surface area contributed by atoms with Gasteiger partial charge in [-0.1, -0.05) is 18.6 Å². The molecule has 120 valence electrons. The van der Waals surface area contributed by atoms with Gasteiger partial charge in [-0.2, -0.15) is 0 Å². The van der Waals surface area contributed by atoms with Gasteiger partial charge in [0.25, 0.3) is 5.91 Å². The molecule has 0 atom stereocenters. The lowest BCUT2D eigenvalue weighted by Crippen LogP contribution is -2.25. The van der Waals surface area contributed by atoms with E-state index in [-0.39, 0.29) is 5.91 Å². The molecule has 0 saturated heterocycles. The lowest BCUT2D eigenvalue weighted by Gasteiger charge is -2.13. The van der Waals surface area contributed by atoms with Gasteiger partial charge < -0.3 is 10.6 Å². The Labute approximate surface area is 132 Å². The van der Waals surface area contributed by atoms with E-state index in [0.717, 1.165) is 25.1 Å². The molecule has 0 aliphatic heterocycles. The molecule has 0 saturated carbocycles. The van der Waals surface area contributed by atoms with Crippen LogP contribution in [-0.2, 0) is 0 Å². The SMILES string of the molecule is CCCNC(=O)c1cc(C)nc(NCCC2=CCCCC2)n1. The Hall–Kier alpha value is -1.91. The first-order valence-corrected chi connectivity index (χ1v) is 8.24. The summed E-state index contributed by atoms with van der Waals surface area (Å²) < 4.78 is 0. The molecule has 2 N–H and O–H groups in total. The Balaban J connectivity index is 1.91. The van der Waals surface area contributed by atoms with Crippen LogP contribution in [0.5, 0.6) is 0 Å². The molecule has 1 aromatic rings. The lowest BCUT2D eigenvalue weighted by atomic mass is 9.97. The molecular weight excluding hydrogens is 276 g/mol. The van der Waals surface area contributed by atoms with Crippen molar-refractivity contribution in [1.29, 1.82) is 0 Å². The van der Waals surface area contributed by atoms with Gasteiger partial charge >= 0.3 is 0 Å². The molecule has 5 heteroatoms. The number of rotatable bonds is 7. The summed E-state index contributed by atoms with van der Waals surface area (Å²) in [6, 6.07) is 1.72. The van der Waals surface area contributed by atoms with Gasteiger partial charge in [0, 0.05) is 18.8 Å². The third-order valence-corrected chi connectivity index (χ3v) is 3.74. The first-order chi connectivity index (χ1) is 10.7. The number of anilines is 1. The van der Waals surface area contributed by atoms with Crippen molar-refractivity contribution in [2.24, 2.45) is 0 Å². The van der Waals surface area contributed by atoms with Crippen LogP contribution in [0, 0.1) is 6.92 Å². The van der Waals surface area contributed by atoms with Crippen LogP contribution in [0.3, 0.4) is 0 Å². The lowest BCUT2D eigenvalue weighted by molar-refractivity contribution is 0.0948. The number of aryl methyl sites for hydroxylation is 1. The van der Waals surface area contributed by atoms with E-state index < -0.39 is 0 Å². The van der Waals surface area contributed by atoms with Gasteiger partial charge in [0.1, 0.15) is 5.69 Å². The molecule has 2 rings (SSSR count). The summed E-state index contributed by atoms with van der Waals surface area (Å²) in [5, 5.41) is 6.09. The highest BCUT2D eigenvalue weighted by Gasteiger charge is 2.10. The van der Waals surface area contributed by atoms with E-state index in [2.05, 4.69) is 26.7 Å². The van der Waals surface area contributed by atoms with E-state index in [1.54, 1.807) is 6.07 Å². The molecule has 1 aliphatic rings. The second kappa shape index (κ2) is 8.51. The van der Waals surface area contributed by atoms with E-state index in [4.69, 9.17) is 0 Å². The fourth-order valence-electron chi connectivity index (χ4n) is 2.56. The summed E-state index contributed by atoms with van der Waals surface area (Å²) in [7, 11) is 0. The number of amides is 1. The summed E-state index contributed by atoms with van der Waals surface area (Å²) in [6.45, 7) is 5.38. The number of aromatic nitrogens is 2. The molecule has 0 bridgehead atoms. The highest BCUT2D eigenvalue weighted by Crippen LogP contribution is 2.19. The third-order valence-electron chi connectivity index (χ3n) is 3.74. The Bertz CT molecular complexity index is 539. The molecular formula is C17H26N4O. The van der Waals surface area contributed by atoms with Crippen molar-refractivity contribution < 1.29 is 4.79 Å². The standard InChI is InChI=1S/C17H26N4O/c1-3-10-18-16(22)15-12-13(2)20-17(21-15)19-11-9-14-7-5-4-6-8-14/h7,12H,3-6,8-11H2,1-2H3,(H,18,22)(H,19,20,21). The van der Waals surface area contributed by atoms with Crippen LogP contribution in [0.25, 0.3) is 0 Å². The van der Waals surface area contributed by atoms with E-state index in [1.807, 2.05) is 13.8 Å². The smallest absolute Gasteiger partial charge is 0.270 e. The maximum absolute atomic E-state index is 12.0. The van der Waals surface area contributed by atoms with Crippen LogP contribution in [0.1, 0.15) is 61.6 Å². The van der Waals surface area contributed by atoms with Gasteiger partial charge in [0.05, 0.1) is 0 Å². The average molecular weight is 302 g/mol. The summed E-state index contributed by atoms with van der Waals surface area (Å²) >= 11 is 0. The molecule has 0 aromatic carbocycles. The van der Waals surface area contributed by atoms with Gasteiger partial charge in [-0.15, -0.1) is 0 Å². The van der Waals surface area contributed by atoms with Gasteiger partial charge in [-0.3, -0.25) is 4.79 Å². The number of hydrogen-bond donors (Lipinski definition) is 2. The van der Waals surface area contributed by atoms with Crippen LogP contribution in [-0.4, -0.2) is 29.0 Å². The van der Waals surface area contributed by atoms with Crippen LogP contribution in [0.2, 0.25) is 0 Å². The highest BCUT2D eigenvalue weighted by atomic mass is 16.1. The zero-order chi connectivity index (χ0) is 15.8. The number of nitrogens with zero attached hydrogens (tertiary/aromatic N) is 2. The van der Waals surface area contributed by atoms with Crippen molar-refractivity contribution in [3.8, 4) is 0 Å². The predicted octanol–water partition coefficient (Wildman–Crippen LogP) is 3.23. The monoisotopic (exact) mass is 302 g/mol. The molecule has 1 aliphatic carbocycles. The Kier molecular flexibility index (Phi) is 6.37. The molecule has 5 nitrogen and oxygen atoms in total. The molecule has 0 unspecified atom stereocenters. The van der Waals surface area contributed by atoms with Crippen LogP contribution < -0.4 is 10.6 Å². The van der Waals surface area contributed by atoms with Crippen LogP contribution in [0.4, 0.5) is 5.95 Å². The van der Waals surface area contributed by atoms with Crippen LogP contribution >= 0.6 is 0 Å². The van der Waals surface area contributed by atoms with E-state index in [9.17, 15) is 4.79 Å². The molecule has 1 aromatic heterocycles. The minimum absolute atomic E-state index is 0.134. The Morgan fingerprint density at radius 1 is 1.27 bits per heavy atom. The summed E-state index contributed by atoms with van der Waals surface area (Å²) in [4.78, 5) is 20.7. The fraction of sp³-hybridized carbons (Fsp3) is 0.588. The van der Waals surface area contributed by atoms with Crippen molar-refractivity contribution in [3.05, 3.63) is 29.1 Å². The second-order valence-corrected chi connectivity index (χ2v) is 5.76. The normalized spacial score (nSPS) is 14.4. The van der Waals surface area contributed by atoms with E-state index in [0.29, 0.717) is 18.2 Å². The quantitative estimate of drug-likeness (QED) is 0.759. The van der Waals surface area contributed by atoms with Gasteiger partial charge in [-0.25, -0.2) is 9.97 Å². The molecule has 22 heavy (non-hydrogen) atoms. The van der Waals surface area contributed by atoms with E-state index in [1.165, 1.54) is 31.3 Å². The highest BCUT2D eigenvalue weighted by molar-refractivity contribution is 5.92. The van der Waals surface area contributed by atoms with Gasteiger partial charge in [0.2, 0.25) is 5.95 Å². The fourth-order valence-corrected chi connectivity index (χ4v) is 2.56. The third kappa shape index (κ3) is 5.13. The summed E-state index contributed by atoms with van der Waals surface area (Å²) in [5.74, 6) is 0.406. The number of allylic oxidation sites excluding steroid dienone is 1. The van der Waals surface area contributed by atoms with Crippen molar-refractivity contribution in [1.82, 2.24) is 15.3 Å². The molecule has 0 radical (unpaired) electrons. The Morgan fingerprint density at radius 3 is 2.86 bits per heavy atom. The zero-order valence-corrected chi connectivity index (χ0v) is 13.6. The maximum Gasteiger partial charge on any atom is 0.270 e. The minimum Gasteiger partial charge on any atom is -0.354 e. The van der Waals surface area contributed by atoms with Crippen molar-refractivity contribution in [2.45, 2.75) is 52.4 Å². The average Bonchev–Trinajstić information content (AvgIpc) is 2.53. The summed E-state index contributed by atoms with van der Waals surface area (Å²) in [6.07, 6.45) is 9.32. The summed E-state index contributed by atoms with van der Waals surface area (Å²) in [5.41, 5.74) is 2.75. The van der Waals surface area contributed by atoms with Crippen molar-refractivity contribution >= 4 is 11.9 Å². The van der Waals surface area contributed by atoms with Gasteiger partial charge in [-0.05, 0) is 51.5 Å². The second-order valence-electron chi connectivity index (χ2n) is 5.76. The number of hydrogen-bond acceptors (Lipinski definition) is 4. The number of carbonyl (C=O) groups excluding carboxylic acids is 1. The topological polar surface area (TPSA) is 66.9 Å². The van der Waals surface area contributed by atoms with Crippen molar-refractivity contribution in [2.75, 3.05) is 18.4 Å². The molecule has 0 fully saturated rings. The Morgan fingerprint density at radius 2 is 2.14 bits per heavy atom. The molecule has 0 spiro atoms. The zero-order valence-electron chi connectivity index (χ0n) is 13.6. The molecule has 1 heterocycles. The van der Waals surface area contributed by atoms with Crippen LogP contribution in [0.15, 0.2) is 17.7 Å². The van der Waals surface area contributed by atoms with E-state index >= 15 is 0 Å². The maximum atomic E-state index is 12.0. The largest absolute Gasteiger partial charge is 0.354 e. The van der Waals surface area contributed by atoms with Gasteiger partial charge in [0.15, 0.2) is 0 Å².